The second kappa shape index (κ2) is 5.86. The third-order valence-electron chi connectivity index (χ3n) is 2.57. The minimum absolute atomic E-state index is 0.129. The van der Waals surface area contributed by atoms with E-state index in [0.29, 0.717) is 12.1 Å². The van der Waals surface area contributed by atoms with Crippen molar-refractivity contribution in [3.8, 4) is 0 Å². The number of rotatable bonds is 6. The highest BCUT2D eigenvalue weighted by Crippen LogP contribution is 2.22. The summed E-state index contributed by atoms with van der Waals surface area (Å²) in [6.45, 7) is 1.95. The first-order valence-electron chi connectivity index (χ1n) is 5.57. The van der Waals surface area contributed by atoms with Crippen LogP contribution in [0.1, 0.15) is 31.2 Å². The fraction of sp³-hybridized carbons (Fsp3) is 0.417. The molecule has 0 saturated carbocycles. The first-order chi connectivity index (χ1) is 8.28. The Bertz CT molecular complexity index is 507. The van der Waals surface area contributed by atoms with Gasteiger partial charge in [-0.25, -0.2) is 8.42 Å². The van der Waals surface area contributed by atoms with Crippen molar-refractivity contribution in [2.75, 3.05) is 11.0 Å². The topological polar surface area (TPSA) is 83.5 Å². The molecule has 0 spiro atoms. The predicted octanol–water partition coefficient (Wildman–Crippen LogP) is 2.03. The van der Waals surface area contributed by atoms with E-state index in [1.54, 1.807) is 24.3 Å². The Morgan fingerprint density at radius 3 is 2.33 bits per heavy atom. The summed E-state index contributed by atoms with van der Waals surface area (Å²) in [6, 6.07) is 6.96. The maximum atomic E-state index is 11.0. The number of aliphatic carboxylic acids is 1. The highest BCUT2D eigenvalue weighted by Gasteiger charge is 2.08. The van der Waals surface area contributed by atoms with Crippen molar-refractivity contribution in [1.29, 1.82) is 0 Å². The lowest BCUT2D eigenvalue weighted by atomic mass is 9.96. The number of nitrogens with one attached hydrogen (secondary N) is 1. The maximum absolute atomic E-state index is 11.0. The van der Waals surface area contributed by atoms with Crippen molar-refractivity contribution in [2.24, 2.45) is 0 Å². The SMILES string of the molecule is CC(CCC(=O)O)c1ccc(NS(C)(=O)=O)cc1. The Morgan fingerprint density at radius 2 is 1.89 bits per heavy atom. The first kappa shape index (κ1) is 14.5. The molecule has 1 aromatic rings. The van der Waals surface area contributed by atoms with E-state index < -0.39 is 16.0 Å². The van der Waals surface area contributed by atoms with Gasteiger partial charge >= 0.3 is 5.97 Å². The number of carbonyl (C=O) groups is 1. The molecule has 0 amide bonds. The molecule has 2 N–H and O–H groups in total. The molecule has 0 aliphatic rings. The van der Waals surface area contributed by atoms with Crippen LogP contribution in [-0.2, 0) is 14.8 Å². The molecule has 1 aromatic carbocycles. The van der Waals surface area contributed by atoms with Gasteiger partial charge in [-0.15, -0.1) is 0 Å². The predicted molar refractivity (Wildman–Crippen MR) is 70.2 cm³/mol. The quantitative estimate of drug-likeness (QED) is 0.829. The molecule has 6 heteroatoms. The fourth-order valence-electron chi connectivity index (χ4n) is 1.60. The second-order valence-electron chi connectivity index (χ2n) is 4.33. The van der Waals surface area contributed by atoms with Crippen LogP contribution in [0.4, 0.5) is 5.69 Å². The number of benzene rings is 1. The van der Waals surface area contributed by atoms with Crippen LogP contribution >= 0.6 is 0 Å². The highest BCUT2D eigenvalue weighted by atomic mass is 32.2. The van der Waals surface area contributed by atoms with Crippen molar-refractivity contribution in [3.63, 3.8) is 0 Å². The van der Waals surface area contributed by atoms with Crippen LogP contribution in [-0.4, -0.2) is 25.7 Å². The Labute approximate surface area is 107 Å². The van der Waals surface area contributed by atoms with Crippen molar-refractivity contribution in [3.05, 3.63) is 29.8 Å². The third-order valence-corrected chi connectivity index (χ3v) is 3.18. The van der Waals surface area contributed by atoms with Gasteiger partial charge in [-0.2, -0.15) is 0 Å². The monoisotopic (exact) mass is 271 g/mol. The van der Waals surface area contributed by atoms with Gasteiger partial charge in [0.25, 0.3) is 0 Å². The molecule has 1 rings (SSSR count). The summed E-state index contributed by atoms with van der Waals surface area (Å²) in [5.41, 5.74) is 1.50. The lowest BCUT2D eigenvalue weighted by Gasteiger charge is -2.11. The molecule has 1 atom stereocenters. The van der Waals surface area contributed by atoms with E-state index in [9.17, 15) is 13.2 Å². The molecule has 0 radical (unpaired) electrons. The van der Waals surface area contributed by atoms with Crippen molar-refractivity contribution < 1.29 is 18.3 Å². The number of anilines is 1. The summed E-state index contributed by atoms with van der Waals surface area (Å²) in [7, 11) is -3.26. The van der Waals surface area contributed by atoms with Crippen molar-refractivity contribution in [1.82, 2.24) is 0 Å². The second-order valence-corrected chi connectivity index (χ2v) is 6.08. The fourth-order valence-corrected chi connectivity index (χ4v) is 2.16. The van der Waals surface area contributed by atoms with Crippen LogP contribution in [0.2, 0.25) is 0 Å². The Morgan fingerprint density at radius 1 is 1.33 bits per heavy atom. The lowest BCUT2D eigenvalue weighted by molar-refractivity contribution is -0.137. The number of hydrogen-bond donors (Lipinski definition) is 2. The Hall–Kier alpha value is -1.56. The molecule has 18 heavy (non-hydrogen) atoms. The standard InChI is InChI=1S/C12H17NO4S/c1-9(3-8-12(14)15)10-4-6-11(7-5-10)13-18(2,16)17/h4-7,9,13H,3,8H2,1-2H3,(H,14,15). The molecule has 0 aliphatic heterocycles. The van der Waals surface area contributed by atoms with Gasteiger partial charge in [-0.1, -0.05) is 19.1 Å². The summed E-state index contributed by atoms with van der Waals surface area (Å²) in [6.07, 6.45) is 1.79. The minimum Gasteiger partial charge on any atom is -0.481 e. The summed E-state index contributed by atoms with van der Waals surface area (Å²) in [4.78, 5) is 10.5. The molecule has 0 bridgehead atoms. The molecule has 100 valence electrons. The molecule has 0 aliphatic carbocycles. The lowest BCUT2D eigenvalue weighted by Crippen LogP contribution is -2.09. The smallest absolute Gasteiger partial charge is 0.303 e. The van der Waals surface area contributed by atoms with E-state index in [1.165, 1.54) is 0 Å². The average Bonchev–Trinajstić information content (AvgIpc) is 2.24. The first-order valence-corrected chi connectivity index (χ1v) is 7.46. The van der Waals surface area contributed by atoms with Gasteiger partial charge in [0.15, 0.2) is 0 Å². The molecular weight excluding hydrogens is 254 g/mol. The molecule has 5 nitrogen and oxygen atoms in total. The van der Waals surface area contributed by atoms with E-state index in [1.807, 2.05) is 6.92 Å². The highest BCUT2D eigenvalue weighted by molar-refractivity contribution is 7.92. The molecule has 0 aromatic heterocycles. The summed E-state index contributed by atoms with van der Waals surface area (Å²) in [5, 5.41) is 8.60. The average molecular weight is 271 g/mol. The van der Waals surface area contributed by atoms with Gasteiger partial charge in [0.05, 0.1) is 6.26 Å². The molecule has 1 unspecified atom stereocenters. The zero-order chi connectivity index (χ0) is 13.8. The third kappa shape index (κ3) is 5.18. The van der Waals surface area contributed by atoms with Crippen LogP contribution in [0.3, 0.4) is 0 Å². The molecule has 0 fully saturated rings. The zero-order valence-electron chi connectivity index (χ0n) is 10.4. The zero-order valence-corrected chi connectivity index (χ0v) is 11.2. The van der Waals surface area contributed by atoms with Crippen molar-refractivity contribution >= 4 is 21.7 Å². The van der Waals surface area contributed by atoms with E-state index >= 15 is 0 Å². The van der Waals surface area contributed by atoms with Gasteiger partial charge in [0.2, 0.25) is 10.0 Å². The van der Waals surface area contributed by atoms with Crippen LogP contribution in [0.5, 0.6) is 0 Å². The van der Waals surface area contributed by atoms with Crippen LogP contribution in [0.15, 0.2) is 24.3 Å². The summed E-state index contributed by atoms with van der Waals surface area (Å²) >= 11 is 0. The number of hydrogen-bond acceptors (Lipinski definition) is 3. The maximum Gasteiger partial charge on any atom is 0.303 e. The van der Waals surface area contributed by atoms with Gasteiger partial charge in [0, 0.05) is 12.1 Å². The largest absolute Gasteiger partial charge is 0.481 e. The molecule has 0 saturated heterocycles. The van der Waals surface area contributed by atoms with E-state index in [0.717, 1.165) is 11.8 Å². The van der Waals surface area contributed by atoms with E-state index in [2.05, 4.69) is 4.72 Å². The normalized spacial score (nSPS) is 13.0. The van der Waals surface area contributed by atoms with Gasteiger partial charge in [0.1, 0.15) is 0 Å². The minimum atomic E-state index is -3.26. The van der Waals surface area contributed by atoms with E-state index in [4.69, 9.17) is 5.11 Å². The van der Waals surface area contributed by atoms with Gasteiger partial charge in [-0.05, 0) is 30.0 Å². The van der Waals surface area contributed by atoms with Crippen LogP contribution < -0.4 is 4.72 Å². The summed E-state index contributed by atoms with van der Waals surface area (Å²) < 4.78 is 24.4. The number of sulfonamides is 1. The Balaban J connectivity index is 2.67. The molecule has 0 heterocycles. The van der Waals surface area contributed by atoms with Crippen LogP contribution in [0.25, 0.3) is 0 Å². The Kier molecular flexibility index (Phi) is 4.72. The number of carboxylic acids is 1. The summed E-state index contributed by atoms with van der Waals surface area (Å²) in [5.74, 6) is -0.675. The molecular formula is C12H17NO4S. The van der Waals surface area contributed by atoms with E-state index in [-0.39, 0.29) is 12.3 Å². The van der Waals surface area contributed by atoms with Crippen molar-refractivity contribution in [2.45, 2.75) is 25.7 Å². The van der Waals surface area contributed by atoms with Gasteiger partial charge in [-0.3, -0.25) is 9.52 Å². The van der Waals surface area contributed by atoms with Crippen LogP contribution in [0, 0.1) is 0 Å². The van der Waals surface area contributed by atoms with Gasteiger partial charge < -0.3 is 5.11 Å². The number of carboxylic acid groups (broad SMARTS) is 1.